The summed E-state index contributed by atoms with van der Waals surface area (Å²) < 4.78 is 28.4. The molecule has 0 bridgehead atoms. The van der Waals surface area contributed by atoms with E-state index in [1.54, 1.807) is 42.5 Å². The second-order valence-corrected chi connectivity index (χ2v) is 9.69. The normalized spacial score (nSPS) is 11.4. The summed E-state index contributed by atoms with van der Waals surface area (Å²) in [5.74, 6) is -0.390. The third-order valence-corrected chi connectivity index (χ3v) is 6.83. The Morgan fingerprint density at radius 2 is 1.80 bits per heavy atom. The molecule has 1 aromatic heterocycles. The lowest BCUT2D eigenvalue weighted by Gasteiger charge is -2.09. The molecule has 1 heterocycles. The molecule has 0 aliphatic rings. The maximum absolute atomic E-state index is 12.7. The van der Waals surface area contributed by atoms with Crippen LogP contribution in [0.5, 0.6) is 0 Å². The van der Waals surface area contributed by atoms with Crippen LogP contribution < -0.4 is 10.0 Å². The number of thiazole rings is 1. The van der Waals surface area contributed by atoms with Crippen molar-refractivity contribution in [2.24, 2.45) is 0 Å². The number of amides is 1. The number of benzene rings is 3. The van der Waals surface area contributed by atoms with Gasteiger partial charge in [-0.25, -0.2) is 13.4 Å². The van der Waals surface area contributed by atoms with Crippen molar-refractivity contribution >= 4 is 59.9 Å². The number of anilines is 2. The number of hydrogen-bond donors (Lipinski definition) is 2. The van der Waals surface area contributed by atoms with E-state index in [9.17, 15) is 13.2 Å². The quantitative estimate of drug-likeness (QED) is 0.425. The van der Waals surface area contributed by atoms with E-state index in [1.165, 1.54) is 29.5 Å². The summed E-state index contributed by atoms with van der Waals surface area (Å²) >= 11 is 7.41. The van der Waals surface area contributed by atoms with Crippen molar-refractivity contribution in [2.45, 2.75) is 11.8 Å². The molecule has 0 aliphatic carbocycles. The molecule has 3 aromatic carbocycles. The van der Waals surface area contributed by atoms with Crippen LogP contribution >= 0.6 is 22.9 Å². The van der Waals surface area contributed by atoms with E-state index in [1.807, 2.05) is 13.0 Å². The zero-order valence-corrected chi connectivity index (χ0v) is 18.1. The fourth-order valence-corrected chi connectivity index (χ4v) is 5.30. The Morgan fingerprint density at radius 3 is 2.57 bits per heavy atom. The molecule has 0 aliphatic heterocycles. The van der Waals surface area contributed by atoms with Crippen LogP contribution in [0.1, 0.15) is 15.9 Å². The first-order chi connectivity index (χ1) is 14.3. The molecule has 0 fully saturated rings. The lowest BCUT2D eigenvalue weighted by Crippen LogP contribution is -2.15. The van der Waals surface area contributed by atoms with Gasteiger partial charge in [-0.3, -0.25) is 14.8 Å². The molecule has 0 spiro atoms. The largest absolute Gasteiger partial charge is 0.298 e. The average molecular weight is 458 g/mol. The number of nitrogens with one attached hydrogen (secondary N) is 2. The van der Waals surface area contributed by atoms with Gasteiger partial charge in [-0.1, -0.05) is 47.2 Å². The van der Waals surface area contributed by atoms with E-state index in [0.29, 0.717) is 21.4 Å². The van der Waals surface area contributed by atoms with Crippen LogP contribution in [0.4, 0.5) is 10.8 Å². The molecule has 0 saturated heterocycles. The van der Waals surface area contributed by atoms with Gasteiger partial charge in [-0.2, -0.15) is 0 Å². The van der Waals surface area contributed by atoms with Gasteiger partial charge in [0.1, 0.15) is 0 Å². The summed E-state index contributed by atoms with van der Waals surface area (Å²) in [6.45, 7) is 1.90. The van der Waals surface area contributed by atoms with Crippen molar-refractivity contribution in [2.75, 3.05) is 10.0 Å². The number of carbonyl (C=O) groups is 1. The number of aromatic nitrogens is 1. The maximum Gasteiger partial charge on any atom is 0.261 e. The lowest BCUT2D eigenvalue weighted by atomic mass is 10.2. The van der Waals surface area contributed by atoms with Gasteiger partial charge in [0.15, 0.2) is 5.13 Å². The minimum Gasteiger partial charge on any atom is -0.298 e. The Morgan fingerprint density at radius 1 is 1.03 bits per heavy atom. The number of fused-ring (bicyclic) bond motifs is 1. The molecule has 30 heavy (non-hydrogen) atoms. The van der Waals surface area contributed by atoms with Crippen molar-refractivity contribution < 1.29 is 13.2 Å². The van der Waals surface area contributed by atoms with E-state index in [2.05, 4.69) is 15.0 Å². The molecule has 0 unspecified atom stereocenters. The molecule has 6 nitrogen and oxygen atoms in total. The zero-order chi connectivity index (χ0) is 21.3. The summed E-state index contributed by atoms with van der Waals surface area (Å²) in [4.78, 5) is 17.3. The Labute approximate surface area is 182 Å². The lowest BCUT2D eigenvalue weighted by molar-refractivity contribution is 0.102. The number of hydrogen-bond acceptors (Lipinski definition) is 5. The van der Waals surface area contributed by atoms with Gasteiger partial charge in [-0.15, -0.1) is 0 Å². The highest BCUT2D eigenvalue weighted by Gasteiger charge is 2.16. The van der Waals surface area contributed by atoms with Crippen LogP contribution in [-0.4, -0.2) is 19.3 Å². The number of rotatable bonds is 5. The monoisotopic (exact) mass is 457 g/mol. The zero-order valence-electron chi connectivity index (χ0n) is 15.7. The number of aryl methyl sites for hydroxylation is 1. The van der Waals surface area contributed by atoms with E-state index in [0.717, 1.165) is 15.8 Å². The van der Waals surface area contributed by atoms with Crippen molar-refractivity contribution in [1.29, 1.82) is 0 Å². The molecule has 0 radical (unpaired) electrons. The van der Waals surface area contributed by atoms with Gasteiger partial charge < -0.3 is 0 Å². The van der Waals surface area contributed by atoms with E-state index in [-0.39, 0.29) is 4.90 Å². The van der Waals surface area contributed by atoms with Crippen molar-refractivity contribution in [3.8, 4) is 0 Å². The Hall–Kier alpha value is -2.94. The van der Waals surface area contributed by atoms with Crippen molar-refractivity contribution in [3.63, 3.8) is 0 Å². The summed E-state index contributed by atoms with van der Waals surface area (Å²) in [5.41, 5.74) is 2.30. The molecule has 4 rings (SSSR count). The van der Waals surface area contributed by atoms with Crippen molar-refractivity contribution in [3.05, 3.63) is 82.9 Å². The minimum atomic E-state index is -3.75. The molecule has 9 heteroatoms. The first-order valence-electron chi connectivity index (χ1n) is 8.88. The highest BCUT2D eigenvalue weighted by molar-refractivity contribution is 7.92. The molecule has 152 valence electrons. The predicted octanol–water partition coefficient (Wildman–Crippen LogP) is 5.31. The predicted molar refractivity (Wildman–Crippen MR) is 121 cm³/mol. The number of halogens is 1. The fourth-order valence-electron chi connectivity index (χ4n) is 2.91. The molecular formula is C21H16ClN3O3S2. The summed E-state index contributed by atoms with van der Waals surface area (Å²) in [7, 11) is -3.75. The van der Waals surface area contributed by atoms with E-state index >= 15 is 0 Å². The summed E-state index contributed by atoms with van der Waals surface area (Å²) in [5, 5.41) is 3.82. The molecule has 0 saturated carbocycles. The smallest absolute Gasteiger partial charge is 0.261 e. The van der Waals surface area contributed by atoms with Gasteiger partial charge in [0.25, 0.3) is 15.9 Å². The van der Waals surface area contributed by atoms with E-state index in [4.69, 9.17) is 11.6 Å². The average Bonchev–Trinajstić information content (AvgIpc) is 3.11. The summed E-state index contributed by atoms with van der Waals surface area (Å²) in [6, 6.07) is 17.9. The van der Waals surface area contributed by atoms with Crippen LogP contribution in [0, 0.1) is 6.92 Å². The molecule has 0 atom stereocenters. The van der Waals surface area contributed by atoms with Crippen LogP contribution in [-0.2, 0) is 10.0 Å². The van der Waals surface area contributed by atoms with Crippen LogP contribution in [0.15, 0.2) is 71.6 Å². The van der Waals surface area contributed by atoms with Crippen LogP contribution in [0.3, 0.4) is 0 Å². The molecule has 4 aromatic rings. The highest BCUT2D eigenvalue weighted by atomic mass is 35.5. The van der Waals surface area contributed by atoms with Gasteiger partial charge >= 0.3 is 0 Å². The first kappa shape index (κ1) is 20.3. The second kappa shape index (κ2) is 8.06. The third-order valence-electron chi connectivity index (χ3n) is 4.30. The first-order valence-corrected chi connectivity index (χ1v) is 11.6. The minimum absolute atomic E-state index is 0.142. The van der Waals surface area contributed by atoms with Gasteiger partial charge in [0.05, 0.1) is 15.1 Å². The molecular weight excluding hydrogens is 442 g/mol. The summed E-state index contributed by atoms with van der Waals surface area (Å²) in [6.07, 6.45) is 0. The SMILES string of the molecule is Cc1cc(Cl)cc2sc(NC(=O)c3cccc(NS(=O)(=O)c4ccccc4)c3)nc12. The maximum atomic E-state index is 12.7. The third kappa shape index (κ3) is 4.30. The number of nitrogens with zero attached hydrogens (tertiary/aromatic N) is 1. The van der Waals surface area contributed by atoms with Crippen molar-refractivity contribution in [1.82, 2.24) is 4.98 Å². The van der Waals surface area contributed by atoms with Gasteiger partial charge in [0.2, 0.25) is 0 Å². The number of carbonyl (C=O) groups excluding carboxylic acids is 1. The van der Waals surface area contributed by atoms with E-state index < -0.39 is 15.9 Å². The highest BCUT2D eigenvalue weighted by Crippen LogP contribution is 2.31. The Kier molecular flexibility index (Phi) is 5.46. The second-order valence-electron chi connectivity index (χ2n) is 6.54. The fraction of sp³-hybridized carbons (Fsp3) is 0.0476. The Bertz CT molecular complexity index is 1350. The standard InChI is InChI=1S/C21H16ClN3O3S2/c1-13-10-15(22)12-18-19(13)23-21(29-18)24-20(26)14-6-5-7-16(11-14)25-30(27,28)17-8-3-2-4-9-17/h2-12,25H,1H3,(H,23,24,26). The topological polar surface area (TPSA) is 88.2 Å². The molecule has 2 N–H and O–H groups in total. The van der Waals surface area contributed by atoms with Crippen LogP contribution in [0.2, 0.25) is 5.02 Å². The van der Waals surface area contributed by atoms with Gasteiger partial charge in [0, 0.05) is 16.3 Å². The molecule has 1 amide bonds. The van der Waals surface area contributed by atoms with Gasteiger partial charge in [-0.05, 0) is 55.0 Å². The number of sulfonamides is 1. The Balaban J connectivity index is 1.55. The van der Waals surface area contributed by atoms with Crippen LogP contribution in [0.25, 0.3) is 10.2 Å².